The molecule has 1 rings (SSSR count). The maximum Gasteiger partial charge on any atom is 0.384 e. The summed E-state index contributed by atoms with van der Waals surface area (Å²) >= 11 is 5.62. The molecule has 94 valence electrons. The molecule has 0 amide bonds. The van der Waals surface area contributed by atoms with Gasteiger partial charge in [-0.2, -0.15) is 0 Å². The average molecular weight is 269 g/mol. The van der Waals surface area contributed by atoms with Gasteiger partial charge in [0.15, 0.2) is 0 Å². The minimum atomic E-state index is -0.700. The van der Waals surface area contributed by atoms with Crippen LogP contribution in [0.25, 0.3) is 0 Å². The molecule has 0 unspecified atom stereocenters. The van der Waals surface area contributed by atoms with E-state index in [-0.39, 0.29) is 23.0 Å². The zero-order valence-electron chi connectivity index (χ0n) is 9.69. The Hall–Kier alpha value is -2.13. The van der Waals surface area contributed by atoms with Gasteiger partial charge in [0.25, 0.3) is 0 Å². The van der Waals surface area contributed by atoms with Gasteiger partial charge in [-0.05, 0) is 13.8 Å². The van der Waals surface area contributed by atoms with E-state index >= 15 is 0 Å². The summed E-state index contributed by atoms with van der Waals surface area (Å²) in [5, 5.41) is 10.5. The lowest BCUT2D eigenvalue weighted by atomic mass is 10.2. The van der Waals surface area contributed by atoms with Crippen LogP contribution in [-0.4, -0.2) is 22.5 Å². The summed E-state index contributed by atoms with van der Waals surface area (Å²) in [5.41, 5.74) is 0.317. The number of ether oxygens (including phenoxy) is 1. The molecule has 0 N–H and O–H groups in total. The van der Waals surface area contributed by atoms with E-state index in [9.17, 15) is 14.9 Å². The lowest BCUT2D eigenvalue weighted by Crippen LogP contribution is -2.00. The minimum Gasteiger partial charge on any atom is -0.456 e. The van der Waals surface area contributed by atoms with Gasteiger partial charge < -0.3 is 4.74 Å². The predicted octanol–water partition coefficient (Wildman–Crippen LogP) is 1.87. The van der Waals surface area contributed by atoms with Crippen LogP contribution in [-0.2, 0) is 9.53 Å². The van der Waals surface area contributed by atoms with Crippen molar-refractivity contribution in [1.82, 2.24) is 4.98 Å². The molecule has 0 aliphatic heterocycles. The monoisotopic (exact) mass is 268 g/mol. The summed E-state index contributed by atoms with van der Waals surface area (Å²) in [6, 6.07) is 1.18. The molecule has 0 spiro atoms. The van der Waals surface area contributed by atoms with Gasteiger partial charge in [0, 0.05) is 12.0 Å². The van der Waals surface area contributed by atoms with Crippen molar-refractivity contribution in [2.24, 2.45) is 0 Å². The minimum absolute atomic E-state index is 0.209. The molecule has 0 aliphatic rings. The lowest BCUT2D eigenvalue weighted by Gasteiger charge is -1.99. The third-order valence-corrected chi connectivity index (χ3v) is 2.20. The van der Waals surface area contributed by atoms with Gasteiger partial charge in [0.05, 0.1) is 22.8 Å². The van der Waals surface area contributed by atoms with Gasteiger partial charge in [-0.15, -0.1) is 0 Å². The van der Waals surface area contributed by atoms with Crippen molar-refractivity contribution in [3.8, 4) is 11.8 Å². The first-order chi connectivity index (χ1) is 8.45. The van der Waals surface area contributed by atoms with E-state index in [2.05, 4.69) is 21.6 Å². The van der Waals surface area contributed by atoms with Crippen LogP contribution in [0.4, 0.5) is 5.69 Å². The number of pyridine rings is 1. The van der Waals surface area contributed by atoms with Crippen molar-refractivity contribution >= 4 is 23.3 Å². The third-order valence-electron chi connectivity index (χ3n) is 1.92. The Morgan fingerprint density at radius 2 is 2.33 bits per heavy atom. The Labute approximate surface area is 108 Å². The molecule has 0 bridgehead atoms. The number of carbonyl (C=O) groups excluding carboxylic acids is 1. The number of esters is 1. The van der Waals surface area contributed by atoms with Gasteiger partial charge in [-0.1, -0.05) is 17.5 Å². The number of hydrogen-bond acceptors (Lipinski definition) is 5. The SMILES string of the molecule is CCOC(=O)C#Cc1cc([N+](=O)[O-])c(Cl)nc1C. The van der Waals surface area contributed by atoms with Crippen LogP contribution in [0.15, 0.2) is 6.07 Å². The first-order valence-corrected chi connectivity index (χ1v) is 5.33. The highest BCUT2D eigenvalue weighted by Crippen LogP contribution is 2.24. The van der Waals surface area contributed by atoms with Gasteiger partial charge in [-0.3, -0.25) is 10.1 Å². The van der Waals surface area contributed by atoms with Gasteiger partial charge >= 0.3 is 11.7 Å². The van der Waals surface area contributed by atoms with Crippen molar-refractivity contribution in [1.29, 1.82) is 0 Å². The van der Waals surface area contributed by atoms with E-state index in [1.807, 2.05) is 0 Å². The molecule has 7 heteroatoms. The standard InChI is InChI=1S/C11H9ClN2O4/c1-3-18-10(15)5-4-8-6-9(14(16)17)11(12)13-7(8)2/h6H,3H2,1-2H3. The van der Waals surface area contributed by atoms with Crippen LogP contribution in [0.3, 0.4) is 0 Å². The molecule has 6 nitrogen and oxygen atoms in total. The highest BCUT2D eigenvalue weighted by Gasteiger charge is 2.16. The zero-order valence-corrected chi connectivity index (χ0v) is 10.4. The Kier molecular flexibility index (Phi) is 4.63. The summed E-state index contributed by atoms with van der Waals surface area (Å²) in [6.07, 6.45) is 0. The van der Waals surface area contributed by atoms with Crippen molar-refractivity contribution in [3.63, 3.8) is 0 Å². The molecule has 0 saturated heterocycles. The van der Waals surface area contributed by atoms with Crippen LogP contribution in [0.1, 0.15) is 18.2 Å². The highest BCUT2D eigenvalue weighted by molar-refractivity contribution is 6.31. The van der Waals surface area contributed by atoms with Gasteiger partial charge in [-0.25, -0.2) is 9.78 Å². The molecular weight excluding hydrogens is 260 g/mol. The van der Waals surface area contributed by atoms with Crippen LogP contribution in [0, 0.1) is 28.9 Å². The molecule has 0 aliphatic carbocycles. The quantitative estimate of drug-likeness (QED) is 0.269. The summed E-state index contributed by atoms with van der Waals surface area (Å²) in [7, 11) is 0. The van der Waals surface area contributed by atoms with Crippen LogP contribution >= 0.6 is 11.6 Å². The van der Waals surface area contributed by atoms with Gasteiger partial charge in [0.1, 0.15) is 0 Å². The topological polar surface area (TPSA) is 82.3 Å². The Bertz CT molecular complexity index is 560. The van der Waals surface area contributed by atoms with Gasteiger partial charge in [0.2, 0.25) is 5.15 Å². The number of nitro groups is 1. The van der Waals surface area contributed by atoms with E-state index in [0.29, 0.717) is 5.69 Å². The number of aromatic nitrogens is 1. The number of halogens is 1. The second-order valence-electron chi connectivity index (χ2n) is 3.16. The average Bonchev–Trinajstić information content (AvgIpc) is 2.27. The van der Waals surface area contributed by atoms with E-state index < -0.39 is 10.9 Å². The summed E-state index contributed by atoms with van der Waals surface area (Å²) in [6.45, 7) is 3.45. The number of aryl methyl sites for hydroxylation is 1. The molecule has 0 radical (unpaired) electrons. The van der Waals surface area contributed by atoms with Crippen LogP contribution < -0.4 is 0 Å². The Morgan fingerprint density at radius 1 is 1.67 bits per heavy atom. The fourth-order valence-electron chi connectivity index (χ4n) is 1.11. The Balaban J connectivity index is 3.13. The Morgan fingerprint density at radius 3 is 2.89 bits per heavy atom. The molecule has 1 heterocycles. The zero-order chi connectivity index (χ0) is 13.7. The van der Waals surface area contributed by atoms with Crippen molar-refractivity contribution in [2.75, 3.05) is 6.61 Å². The molecular formula is C11H9ClN2O4. The molecule has 18 heavy (non-hydrogen) atoms. The van der Waals surface area contributed by atoms with Crippen molar-refractivity contribution < 1.29 is 14.5 Å². The lowest BCUT2D eigenvalue weighted by molar-refractivity contribution is -0.385. The number of rotatable bonds is 2. The second-order valence-corrected chi connectivity index (χ2v) is 3.52. The first-order valence-electron chi connectivity index (χ1n) is 4.96. The van der Waals surface area contributed by atoms with Crippen molar-refractivity contribution in [2.45, 2.75) is 13.8 Å². The fraction of sp³-hybridized carbons (Fsp3) is 0.273. The first kappa shape index (κ1) is 13.9. The molecule has 1 aromatic rings. The second kappa shape index (κ2) is 5.98. The van der Waals surface area contributed by atoms with Crippen LogP contribution in [0.2, 0.25) is 5.15 Å². The maximum absolute atomic E-state index is 11.0. The molecule has 0 aromatic carbocycles. The predicted molar refractivity (Wildman–Crippen MR) is 64.1 cm³/mol. The van der Waals surface area contributed by atoms with E-state index in [4.69, 9.17) is 11.6 Å². The molecule has 1 aromatic heterocycles. The molecule has 0 fully saturated rings. The summed E-state index contributed by atoms with van der Waals surface area (Å²) in [4.78, 5) is 24.8. The number of carbonyl (C=O) groups is 1. The third kappa shape index (κ3) is 3.43. The molecule has 0 saturated carbocycles. The van der Waals surface area contributed by atoms with E-state index in [0.717, 1.165) is 0 Å². The fourth-order valence-corrected chi connectivity index (χ4v) is 1.36. The van der Waals surface area contributed by atoms with E-state index in [1.54, 1.807) is 13.8 Å². The van der Waals surface area contributed by atoms with Crippen molar-refractivity contribution in [3.05, 3.63) is 32.6 Å². The van der Waals surface area contributed by atoms with Crippen LogP contribution in [0.5, 0.6) is 0 Å². The smallest absolute Gasteiger partial charge is 0.384 e. The molecule has 0 atom stereocenters. The maximum atomic E-state index is 11.0. The number of nitrogens with zero attached hydrogens (tertiary/aromatic N) is 2. The van der Waals surface area contributed by atoms with E-state index in [1.165, 1.54) is 6.07 Å². The largest absolute Gasteiger partial charge is 0.456 e. The normalized spacial score (nSPS) is 9.28. The summed E-state index contributed by atoms with van der Waals surface area (Å²) < 4.78 is 4.61. The highest BCUT2D eigenvalue weighted by atomic mass is 35.5. The number of hydrogen-bond donors (Lipinski definition) is 0. The summed E-state index contributed by atoms with van der Waals surface area (Å²) in [5.74, 6) is 3.98.